The maximum absolute atomic E-state index is 14.4. The van der Waals surface area contributed by atoms with Crippen molar-refractivity contribution in [2.45, 2.75) is 109 Å². The smallest absolute Gasteiger partial charge is 0.407 e. The number of nitrogens with zero attached hydrogens (tertiary/aromatic N) is 1. The van der Waals surface area contributed by atoms with Crippen molar-refractivity contribution in [3.63, 3.8) is 0 Å². The Morgan fingerprint density at radius 2 is 1.65 bits per heavy atom. The maximum atomic E-state index is 14.4. The number of carbonyl (C=O) groups excluding carboxylic acids is 5. The summed E-state index contributed by atoms with van der Waals surface area (Å²) in [4.78, 5) is 65.5. The van der Waals surface area contributed by atoms with E-state index >= 15 is 0 Å². The molecule has 0 aromatic carbocycles. The first kappa shape index (κ1) is 31.6. The van der Waals surface area contributed by atoms with E-state index in [1.807, 2.05) is 0 Å². The van der Waals surface area contributed by atoms with Crippen LogP contribution in [0.1, 0.15) is 72.6 Å². The third-order valence-electron chi connectivity index (χ3n) is 7.79. The van der Waals surface area contributed by atoms with Gasteiger partial charge in [-0.2, -0.15) is 0 Å². The van der Waals surface area contributed by atoms with Crippen molar-refractivity contribution in [3.8, 4) is 0 Å². The van der Waals surface area contributed by atoms with E-state index in [0.29, 0.717) is 19.8 Å². The first-order valence-electron chi connectivity index (χ1n) is 13.4. The molecule has 3 rings (SSSR count). The number of carbonyl (C=O) groups is 5. The second-order valence-electron chi connectivity index (χ2n) is 12.4. The first-order valence-corrected chi connectivity index (χ1v) is 13.4. The minimum atomic E-state index is -3.21. The Balaban J connectivity index is 1.88. The van der Waals surface area contributed by atoms with Crippen LogP contribution in [0, 0.1) is 10.8 Å². The summed E-state index contributed by atoms with van der Waals surface area (Å²) in [7, 11) is 1.10. The average molecular weight is 579 g/mol. The Hall–Kier alpha value is -2.93. The number of piperidine rings is 1. The molecule has 2 aliphatic carbocycles. The average Bonchev–Trinajstić information content (AvgIpc) is 3.74. The van der Waals surface area contributed by atoms with E-state index in [9.17, 15) is 41.5 Å². The molecule has 1 heterocycles. The van der Waals surface area contributed by atoms with E-state index in [2.05, 4.69) is 20.7 Å². The van der Waals surface area contributed by atoms with Gasteiger partial charge in [-0.15, -0.1) is 0 Å². The molecular formula is C26H38F4N4O6. The Kier molecular flexibility index (Phi) is 8.81. The number of alkyl carbamates (subject to hydrolysis) is 1. The number of hydrogen-bond acceptors (Lipinski definition) is 6. The highest BCUT2D eigenvalue weighted by Gasteiger charge is 2.72. The molecule has 0 aromatic rings. The highest BCUT2D eigenvalue weighted by molar-refractivity contribution is 6.38. The zero-order valence-electron chi connectivity index (χ0n) is 23.4. The van der Waals surface area contributed by atoms with E-state index < -0.39 is 96.1 Å². The summed E-state index contributed by atoms with van der Waals surface area (Å²) in [5, 5.41) is 7.19. The van der Waals surface area contributed by atoms with Gasteiger partial charge in [-0.3, -0.25) is 19.2 Å². The SMILES string of the molecule is COC(=O)N[C@H](C(=O)N1CC[C@]2(C[C@H]1C(=O)N[C@@H](CCC(C)(F)F)C(=O)C(=O)NC1CC1)CC2(F)F)C(C)(C)C. The normalized spacial score (nSPS) is 25.4. The van der Waals surface area contributed by atoms with Crippen LogP contribution < -0.4 is 16.0 Å². The van der Waals surface area contributed by atoms with Crippen molar-refractivity contribution >= 4 is 29.6 Å². The summed E-state index contributed by atoms with van der Waals surface area (Å²) < 4.78 is 60.7. The number of methoxy groups -OCH3 is 1. The number of ether oxygens (including phenoxy) is 1. The van der Waals surface area contributed by atoms with Gasteiger partial charge in [-0.05, 0) is 44.4 Å². The largest absolute Gasteiger partial charge is 0.453 e. The van der Waals surface area contributed by atoms with Gasteiger partial charge in [-0.25, -0.2) is 22.4 Å². The molecule has 1 aliphatic heterocycles. The topological polar surface area (TPSA) is 134 Å². The van der Waals surface area contributed by atoms with Crippen molar-refractivity contribution in [2.24, 2.45) is 10.8 Å². The fraction of sp³-hybridized carbons (Fsp3) is 0.808. The number of alkyl halides is 4. The fourth-order valence-corrected chi connectivity index (χ4v) is 5.01. The number of nitrogens with one attached hydrogen (secondary N) is 3. The van der Waals surface area contributed by atoms with Crippen molar-refractivity contribution in [2.75, 3.05) is 13.7 Å². The Bertz CT molecular complexity index is 1040. The van der Waals surface area contributed by atoms with Crippen molar-refractivity contribution in [3.05, 3.63) is 0 Å². The van der Waals surface area contributed by atoms with Crippen LogP contribution in [0.25, 0.3) is 0 Å². The summed E-state index contributed by atoms with van der Waals surface area (Å²) in [5.74, 6) is -10.2. The zero-order valence-corrected chi connectivity index (χ0v) is 23.4. The number of hydrogen-bond donors (Lipinski definition) is 3. The summed E-state index contributed by atoms with van der Waals surface area (Å²) in [6, 6.07) is -4.56. The van der Waals surface area contributed by atoms with Gasteiger partial charge in [0.15, 0.2) is 0 Å². The van der Waals surface area contributed by atoms with Crippen LogP contribution in [0.15, 0.2) is 0 Å². The van der Waals surface area contributed by atoms with Crippen LogP contribution in [0.3, 0.4) is 0 Å². The number of Topliss-reactive ketones (excluding diaryl/α,β-unsaturated/α-hetero) is 1. The monoisotopic (exact) mass is 578 g/mol. The van der Waals surface area contributed by atoms with Gasteiger partial charge >= 0.3 is 6.09 Å². The van der Waals surface area contributed by atoms with E-state index in [-0.39, 0.29) is 19.0 Å². The summed E-state index contributed by atoms with van der Waals surface area (Å²) >= 11 is 0. The molecule has 2 saturated carbocycles. The lowest BCUT2D eigenvalue weighted by Gasteiger charge is -2.43. The van der Waals surface area contributed by atoms with E-state index in [1.54, 1.807) is 20.8 Å². The Morgan fingerprint density at radius 3 is 2.12 bits per heavy atom. The van der Waals surface area contributed by atoms with Crippen LogP contribution in [0.5, 0.6) is 0 Å². The summed E-state index contributed by atoms with van der Waals surface area (Å²) in [6.07, 6.45) is -2.02. The number of amides is 4. The molecular weight excluding hydrogens is 540 g/mol. The molecule has 4 atom stereocenters. The van der Waals surface area contributed by atoms with Gasteiger partial charge in [0.05, 0.1) is 13.2 Å². The van der Waals surface area contributed by atoms with Crippen LogP contribution in [-0.4, -0.2) is 84.2 Å². The van der Waals surface area contributed by atoms with Gasteiger partial charge in [0.2, 0.25) is 23.5 Å². The van der Waals surface area contributed by atoms with Crippen molar-refractivity contribution < 1.29 is 46.3 Å². The van der Waals surface area contributed by atoms with E-state index in [0.717, 1.165) is 12.0 Å². The third-order valence-corrected chi connectivity index (χ3v) is 7.79. The van der Waals surface area contributed by atoms with E-state index in [4.69, 9.17) is 0 Å². The molecule has 1 spiro atoms. The molecule has 0 radical (unpaired) electrons. The van der Waals surface area contributed by atoms with Gasteiger partial charge in [0.1, 0.15) is 12.1 Å². The molecule has 3 N–H and O–H groups in total. The quantitative estimate of drug-likeness (QED) is 0.270. The predicted molar refractivity (Wildman–Crippen MR) is 133 cm³/mol. The molecule has 40 heavy (non-hydrogen) atoms. The molecule has 4 amide bonds. The van der Waals surface area contributed by atoms with Crippen LogP contribution >= 0.6 is 0 Å². The van der Waals surface area contributed by atoms with Crippen LogP contribution in [0.2, 0.25) is 0 Å². The number of rotatable bonds is 10. The third kappa shape index (κ3) is 7.42. The second kappa shape index (κ2) is 11.2. The van der Waals surface area contributed by atoms with E-state index in [1.165, 1.54) is 0 Å². The molecule has 14 heteroatoms. The highest BCUT2D eigenvalue weighted by atomic mass is 19.3. The van der Waals surface area contributed by atoms with Gasteiger partial charge in [-0.1, -0.05) is 20.8 Å². The minimum Gasteiger partial charge on any atom is -0.453 e. The minimum absolute atomic E-state index is 0.0984. The summed E-state index contributed by atoms with van der Waals surface area (Å²) in [5.41, 5.74) is -2.41. The fourth-order valence-electron chi connectivity index (χ4n) is 5.01. The standard InChI is InChI=1S/C26H38F4N4O6/c1-23(2,3)18(33-22(39)40-5)21(38)34-11-10-25(13-26(25,29)30)12-16(34)19(36)32-15(8-9-24(4,27)28)17(35)20(37)31-14-6-7-14/h14-16,18H,6-13H2,1-5H3,(H,31,37)(H,32,36)(H,33,39)/t15-,16-,18+,25-/m0/s1. The van der Waals surface area contributed by atoms with Gasteiger partial charge in [0.25, 0.3) is 11.8 Å². The molecule has 3 aliphatic rings. The lowest BCUT2D eigenvalue weighted by atomic mass is 9.82. The lowest BCUT2D eigenvalue weighted by Crippen LogP contribution is -2.63. The van der Waals surface area contributed by atoms with Gasteiger partial charge in [0, 0.05) is 30.8 Å². The number of halogens is 4. The molecule has 0 unspecified atom stereocenters. The highest BCUT2D eigenvalue weighted by Crippen LogP contribution is 2.66. The maximum Gasteiger partial charge on any atom is 0.407 e. The van der Waals surface area contributed by atoms with Crippen LogP contribution in [-0.2, 0) is 23.9 Å². The van der Waals surface area contributed by atoms with Crippen molar-refractivity contribution in [1.82, 2.24) is 20.9 Å². The molecule has 1 saturated heterocycles. The number of ketones is 1. The predicted octanol–water partition coefficient (Wildman–Crippen LogP) is 2.54. The van der Waals surface area contributed by atoms with Crippen molar-refractivity contribution in [1.29, 1.82) is 0 Å². The molecule has 226 valence electrons. The molecule has 0 bridgehead atoms. The first-order chi connectivity index (χ1) is 18.3. The number of likely N-dealkylation sites (tertiary alicyclic amines) is 1. The molecule has 10 nitrogen and oxygen atoms in total. The lowest BCUT2D eigenvalue weighted by molar-refractivity contribution is -0.149. The molecule has 0 aromatic heterocycles. The zero-order chi connectivity index (χ0) is 30.3. The summed E-state index contributed by atoms with van der Waals surface area (Å²) in [6.45, 7) is 5.34. The Labute approximate surface area is 230 Å². The van der Waals surface area contributed by atoms with Crippen LogP contribution in [0.4, 0.5) is 22.4 Å². The molecule has 3 fully saturated rings. The van der Waals surface area contributed by atoms with Gasteiger partial charge < -0.3 is 25.6 Å². The Morgan fingerprint density at radius 1 is 1.05 bits per heavy atom. The second-order valence-corrected chi connectivity index (χ2v) is 12.4.